The number of ether oxygens (including phenoxy) is 1. The van der Waals surface area contributed by atoms with E-state index in [0.717, 1.165) is 18.4 Å². The van der Waals surface area contributed by atoms with Crippen molar-refractivity contribution in [2.24, 2.45) is 0 Å². The summed E-state index contributed by atoms with van der Waals surface area (Å²) in [6.07, 6.45) is 2.35. The molecule has 0 aliphatic rings. The van der Waals surface area contributed by atoms with Gasteiger partial charge in [-0.3, -0.25) is 4.79 Å². The minimum absolute atomic E-state index is 0.178. The fourth-order valence-electron chi connectivity index (χ4n) is 1.10. The van der Waals surface area contributed by atoms with Gasteiger partial charge in [-0.25, -0.2) is 0 Å². The van der Waals surface area contributed by atoms with E-state index in [1.807, 2.05) is 25.1 Å². The van der Waals surface area contributed by atoms with E-state index in [0.29, 0.717) is 12.2 Å². The van der Waals surface area contributed by atoms with Crippen LogP contribution in [0.4, 0.5) is 0 Å². The molecule has 75 valence electrons. The van der Waals surface area contributed by atoms with Crippen LogP contribution in [0.3, 0.4) is 0 Å². The van der Waals surface area contributed by atoms with Gasteiger partial charge in [0.1, 0.15) is 5.75 Å². The van der Waals surface area contributed by atoms with Crippen LogP contribution in [0.25, 0.3) is 0 Å². The molecule has 0 aliphatic carbocycles. The first-order valence-electron chi connectivity index (χ1n) is 4.85. The second-order valence-corrected chi connectivity index (χ2v) is 3.19. The smallest absolute Gasteiger partial charge is 0.311 e. The zero-order valence-corrected chi connectivity index (χ0v) is 8.45. The first kappa shape index (κ1) is 10.8. The number of rotatable bonds is 4. The fraction of sp³-hybridized carbons (Fsp3) is 0.333. The van der Waals surface area contributed by atoms with Crippen molar-refractivity contribution in [1.82, 2.24) is 0 Å². The normalized spacial score (nSPS) is 9.86. The van der Waals surface area contributed by atoms with E-state index in [1.54, 1.807) is 6.07 Å². The molecule has 0 aliphatic heterocycles. The van der Waals surface area contributed by atoms with Crippen molar-refractivity contribution in [3.05, 3.63) is 36.8 Å². The highest BCUT2D eigenvalue weighted by molar-refractivity contribution is 5.72. The second-order valence-electron chi connectivity index (χ2n) is 3.19. The van der Waals surface area contributed by atoms with Crippen molar-refractivity contribution >= 4 is 5.97 Å². The number of esters is 1. The molecular formula is C12H15O2. The highest BCUT2D eigenvalue weighted by Gasteiger charge is 2.05. The Morgan fingerprint density at radius 2 is 2.14 bits per heavy atom. The molecule has 0 N–H and O–H groups in total. The summed E-state index contributed by atoms with van der Waals surface area (Å²) < 4.78 is 5.15. The van der Waals surface area contributed by atoms with Gasteiger partial charge in [0.05, 0.1) is 0 Å². The number of unbranched alkanes of at least 4 members (excludes halogenated alkanes) is 1. The Morgan fingerprint density at radius 3 is 2.79 bits per heavy atom. The van der Waals surface area contributed by atoms with E-state index in [9.17, 15) is 4.79 Å². The van der Waals surface area contributed by atoms with Gasteiger partial charge in [-0.15, -0.1) is 0 Å². The summed E-state index contributed by atoms with van der Waals surface area (Å²) >= 11 is 0. The molecule has 2 nitrogen and oxygen atoms in total. The average molecular weight is 191 g/mol. The summed E-state index contributed by atoms with van der Waals surface area (Å²) in [5.41, 5.74) is 0.748. The lowest BCUT2D eigenvalue weighted by atomic mass is 10.2. The maximum Gasteiger partial charge on any atom is 0.311 e. The second kappa shape index (κ2) is 5.43. The van der Waals surface area contributed by atoms with E-state index < -0.39 is 0 Å². The lowest BCUT2D eigenvalue weighted by Gasteiger charge is -2.05. The van der Waals surface area contributed by atoms with Gasteiger partial charge in [-0.05, 0) is 25.0 Å². The zero-order valence-electron chi connectivity index (χ0n) is 8.45. The van der Waals surface area contributed by atoms with Crippen LogP contribution < -0.4 is 4.74 Å². The summed E-state index contributed by atoms with van der Waals surface area (Å²) in [6.45, 7) is 5.82. The van der Waals surface area contributed by atoms with Crippen molar-refractivity contribution in [3.8, 4) is 5.75 Å². The molecule has 0 saturated carbocycles. The van der Waals surface area contributed by atoms with Crippen LogP contribution in [-0.2, 0) is 4.79 Å². The van der Waals surface area contributed by atoms with Gasteiger partial charge < -0.3 is 4.74 Å². The van der Waals surface area contributed by atoms with Gasteiger partial charge in [-0.1, -0.05) is 31.5 Å². The number of benzene rings is 1. The summed E-state index contributed by atoms with van der Waals surface area (Å²) in [6, 6.07) is 7.28. The highest BCUT2D eigenvalue weighted by Crippen LogP contribution is 2.16. The monoisotopic (exact) mass is 191 g/mol. The average Bonchev–Trinajstić information content (AvgIpc) is 2.18. The van der Waals surface area contributed by atoms with Gasteiger partial charge in [0.2, 0.25) is 0 Å². The third kappa shape index (κ3) is 3.21. The van der Waals surface area contributed by atoms with Crippen molar-refractivity contribution in [3.63, 3.8) is 0 Å². The van der Waals surface area contributed by atoms with Crippen molar-refractivity contribution in [2.45, 2.75) is 26.2 Å². The summed E-state index contributed by atoms with van der Waals surface area (Å²) in [5, 5.41) is 0. The van der Waals surface area contributed by atoms with Crippen LogP contribution in [0, 0.1) is 6.92 Å². The molecule has 0 bridgehead atoms. The summed E-state index contributed by atoms with van der Waals surface area (Å²) in [5.74, 6) is 0.386. The standard InChI is InChI=1S/C12H15O2/c1-3-4-9-12(13)14-11-8-6-5-7-10(11)2/h5-8H,2-4,9H2,1H3. The van der Waals surface area contributed by atoms with Crippen molar-refractivity contribution in [2.75, 3.05) is 0 Å². The van der Waals surface area contributed by atoms with E-state index in [2.05, 4.69) is 6.92 Å². The van der Waals surface area contributed by atoms with Gasteiger partial charge >= 0.3 is 5.97 Å². The molecule has 1 rings (SSSR count). The molecule has 14 heavy (non-hydrogen) atoms. The minimum atomic E-state index is -0.178. The van der Waals surface area contributed by atoms with E-state index >= 15 is 0 Å². The Balaban J connectivity index is 2.52. The summed E-state index contributed by atoms with van der Waals surface area (Å²) in [7, 11) is 0. The molecule has 0 heterocycles. The minimum Gasteiger partial charge on any atom is -0.426 e. The van der Waals surface area contributed by atoms with E-state index in [4.69, 9.17) is 4.74 Å². The number of carbonyl (C=O) groups is 1. The predicted octanol–water partition coefficient (Wildman–Crippen LogP) is 2.96. The van der Waals surface area contributed by atoms with Crippen LogP contribution in [-0.4, -0.2) is 5.97 Å². The molecule has 0 amide bonds. The van der Waals surface area contributed by atoms with Crippen LogP contribution in [0.1, 0.15) is 31.7 Å². The Hall–Kier alpha value is -1.31. The fourth-order valence-corrected chi connectivity index (χ4v) is 1.10. The molecule has 1 aromatic rings. The molecule has 0 unspecified atom stereocenters. The molecule has 0 aromatic heterocycles. The lowest BCUT2D eigenvalue weighted by Crippen LogP contribution is -2.07. The molecule has 0 atom stereocenters. The first-order chi connectivity index (χ1) is 6.74. The molecule has 1 radical (unpaired) electrons. The van der Waals surface area contributed by atoms with Gasteiger partial charge in [0, 0.05) is 6.42 Å². The zero-order chi connectivity index (χ0) is 10.4. The molecule has 0 fully saturated rings. The number of para-hydroxylation sites is 1. The van der Waals surface area contributed by atoms with Gasteiger partial charge in [0.25, 0.3) is 0 Å². The number of hydrogen-bond donors (Lipinski definition) is 0. The SMILES string of the molecule is [CH2]c1ccccc1OC(=O)CCCC. The maximum absolute atomic E-state index is 11.3. The van der Waals surface area contributed by atoms with Gasteiger partial charge in [-0.2, -0.15) is 0 Å². The molecule has 0 spiro atoms. The van der Waals surface area contributed by atoms with E-state index in [-0.39, 0.29) is 5.97 Å². The highest BCUT2D eigenvalue weighted by atomic mass is 16.5. The molecule has 0 saturated heterocycles. The van der Waals surface area contributed by atoms with Crippen molar-refractivity contribution < 1.29 is 9.53 Å². The Labute approximate surface area is 84.9 Å². The van der Waals surface area contributed by atoms with Crippen molar-refractivity contribution in [1.29, 1.82) is 0 Å². The quantitative estimate of drug-likeness (QED) is 0.540. The van der Waals surface area contributed by atoms with Crippen LogP contribution in [0.5, 0.6) is 5.75 Å². The van der Waals surface area contributed by atoms with Crippen LogP contribution in [0.15, 0.2) is 24.3 Å². The third-order valence-corrected chi connectivity index (χ3v) is 1.93. The Kier molecular flexibility index (Phi) is 4.17. The largest absolute Gasteiger partial charge is 0.426 e. The number of carbonyl (C=O) groups excluding carboxylic acids is 1. The predicted molar refractivity (Wildman–Crippen MR) is 56.1 cm³/mol. The van der Waals surface area contributed by atoms with Crippen LogP contribution in [0.2, 0.25) is 0 Å². The Bertz CT molecular complexity index is 305. The van der Waals surface area contributed by atoms with E-state index in [1.165, 1.54) is 0 Å². The molecule has 2 heteroatoms. The van der Waals surface area contributed by atoms with Crippen LogP contribution >= 0.6 is 0 Å². The van der Waals surface area contributed by atoms with Gasteiger partial charge in [0.15, 0.2) is 0 Å². The lowest BCUT2D eigenvalue weighted by molar-refractivity contribution is -0.134. The first-order valence-corrected chi connectivity index (χ1v) is 4.85. The summed E-state index contributed by atoms with van der Waals surface area (Å²) in [4.78, 5) is 11.3. The maximum atomic E-state index is 11.3. The molecular weight excluding hydrogens is 176 g/mol. The molecule has 1 aromatic carbocycles. The Morgan fingerprint density at radius 1 is 1.43 bits per heavy atom. The topological polar surface area (TPSA) is 26.3 Å². The third-order valence-electron chi connectivity index (χ3n) is 1.93. The number of hydrogen-bond acceptors (Lipinski definition) is 2.